The first kappa shape index (κ1) is 22.6. The van der Waals surface area contributed by atoms with Gasteiger partial charge in [-0.1, -0.05) is 0 Å². The number of aliphatic hydroxyl groups is 1. The summed E-state index contributed by atoms with van der Waals surface area (Å²) in [6.45, 7) is 3.12. The summed E-state index contributed by atoms with van der Waals surface area (Å²) in [6, 6.07) is 0. The summed E-state index contributed by atoms with van der Waals surface area (Å²) in [5, 5.41) is 7.57. The van der Waals surface area contributed by atoms with Crippen LogP contribution in [-0.2, 0) is 17.1 Å². The maximum atomic E-state index is 7.57. The fourth-order valence-electron chi connectivity index (χ4n) is 0. The van der Waals surface area contributed by atoms with E-state index < -0.39 is 0 Å². The topological polar surface area (TPSA) is 84.3 Å². The molecule has 0 aromatic rings. The van der Waals surface area contributed by atoms with Crippen LogP contribution in [0, 0.1) is 0 Å². The van der Waals surface area contributed by atoms with Gasteiger partial charge in [0.25, 0.3) is 0 Å². The quantitative estimate of drug-likeness (QED) is 0.351. The van der Waals surface area contributed by atoms with Crippen molar-refractivity contribution in [2.45, 2.75) is 6.92 Å². The number of hydrogen-bond donors (Lipinski definition) is 4. The van der Waals surface area contributed by atoms with Crippen LogP contribution < -0.4 is 16.3 Å². The zero-order valence-corrected chi connectivity index (χ0v) is 8.81. The second-order valence-electron chi connectivity index (χ2n) is 1.08. The van der Waals surface area contributed by atoms with Crippen LogP contribution in [0.1, 0.15) is 6.92 Å². The molecule has 11 heavy (non-hydrogen) atoms. The Morgan fingerprint density at radius 3 is 1.45 bits per heavy atom. The molecule has 0 rings (SSSR count). The number of hydrogen-bond acceptors (Lipinski definition) is 4. The van der Waals surface area contributed by atoms with E-state index in [1.54, 1.807) is 14.0 Å². The molecule has 0 heterocycles. The van der Waals surface area contributed by atoms with Gasteiger partial charge in [-0.2, -0.15) is 0 Å². The van der Waals surface area contributed by atoms with Gasteiger partial charge in [0.05, 0.1) is 0 Å². The van der Waals surface area contributed by atoms with Crippen molar-refractivity contribution >= 4 is 11.8 Å². The van der Waals surface area contributed by atoms with Crippen LogP contribution in [-0.4, -0.2) is 31.9 Å². The fourth-order valence-corrected chi connectivity index (χ4v) is 0. The first-order chi connectivity index (χ1) is 4.74. The molecule has 0 aliphatic carbocycles. The van der Waals surface area contributed by atoms with Crippen LogP contribution in [0.2, 0.25) is 0 Å². The minimum Gasteiger partial charge on any atom is -0.397 e. The Labute approximate surface area is 84.2 Å². The van der Waals surface area contributed by atoms with Crippen molar-refractivity contribution in [1.29, 1.82) is 0 Å². The second-order valence-corrected chi connectivity index (χ2v) is 1.46. The molecular weight excluding hydrogens is 209 g/mol. The Hall–Kier alpha value is 0.649. The predicted molar refractivity (Wildman–Crippen MR) is 45.8 cm³/mol. The molecule has 0 radical (unpaired) electrons. The molecule has 0 aliphatic rings. The summed E-state index contributed by atoms with van der Waals surface area (Å²) in [6.07, 6.45) is 0. The molecule has 6 N–H and O–H groups in total. The van der Waals surface area contributed by atoms with Crippen LogP contribution in [0.4, 0.5) is 0 Å². The summed E-state index contributed by atoms with van der Waals surface area (Å²) in [4.78, 5) is 2.22. The second kappa shape index (κ2) is 45.9. The zero-order chi connectivity index (χ0) is 8.83. The van der Waals surface area contributed by atoms with E-state index in [0.717, 1.165) is 0 Å². The van der Waals surface area contributed by atoms with Crippen LogP contribution >= 0.6 is 11.8 Å². The summed E-state index contributed by atoms with van der Waals surface area (Å²) in [7, 11) is 1.64. The standard InChI is InChI=1S/C2H8N2.C2H6O.CH4ClN.Fe/c3-1-2-4;1-2-3;1-3-2;/h1-4H2;3H,2H2,1H3;3H,1H3;. The summed E-state index contributed by atoms with van der Waals surface area (Å²) >= 11 is 4.75. The summed E-state index contributed by atoms with van der Waals surface area (Å²) in [5.41, 5.74) is 9.81. The third kappa shape index (κ3) is 293. The molecule has 6 heteroatoms. The van der Waals surface area contributed by atoms with Gasteiger partial charge in [0, 0.05) is 36.8 Å². The van der Waals surface area contributed by atoms with Crippen LogP contribution in [0.15, 0.2) is 0 Å². The maximum Gasteiger partial charge on any atom is 0.0402 e. The van der Waals surface area contributed by atoms with Gasteiger partial charge >= 0.3 is 0 Å². The minimum atomic E-state index is 0. The van der Waals surface area contributed by atoms with Crippen molar-refractivity contribution < 1.29 is 22.2 Å². The van der Waals surface area contributed by atoms with E-state index in [1.165, 1.54) is 0 Å². The summed E-state index contributed by atoms with van der Waals surface area (Å²) in [5.74, 6) is 0. The van der Waals surface area contributed by atoms with Gasteiger partial charge in [-0.3, -0.25) is 0 Å². The number of halogens is 1. The van der Waals surface area contributed by atoms with Crippen LogP contribution in [0.25, 0.3) is 0 Å². The smallest absolute Gasteiger partial charge is 0.0402 e. The van der Waals surface area contributed by atoms with Gasteiger partial charge in [0.2, 0.25) is 0 Å². The monoisotopic (exact) mass is 227 g/mol. The maximum absolute atomic E-state index is 7.57. The molecule has 0 atom stereocenters. The van der Waals surface area contributed by atoms with Gasteiger partial charge in [0.1, 0.15) is 0 Å². The molecule has 0 spiro atoms. The minimum absolute atomic E-state index is 0. The third-order valence-electron chi connectivity index (χ3n) is 0.167. The van der Waals surface area contributed by atoms with E-state index in [4.69, 9.17) is 28.4 Å². The summed E-state index contributed by atoms with van der Waals surface area (Å²) < 4.78 is 0. The average Bonchev–Trinajstić information content (AvgIpc) is 1.91. The molecule has 4 nitrogen and oxygen atoms in total. The van der Waals surface area contributed by atoms with E-state index >= 15 is 0 Å². The van der Waals surface area contributed by atoms with E-state index in [-0.39, 0.29) is 23.7 Å². The molecule has 0 saturated carbocycles. The fraction of sp³-hybridized carbons (Fsp3) is 1.00. The predicted octanol–water partition coefficient (Wildman–Crippen LogP) is -0.740. The number of aliphatic hydroxyl groups excluding tert-OH is 1. The Morgan fingerprint density at radius 2 is 1.45 bits per heavy atom. The van der Waals surface area contributed by atoms with E-state index in [0.29, 0.717) is 13.1 Å². The largest absolute Gasteiger partial charge is 0.397 e. The van der Waals surface area contributed by atoms with Gasteiger partial charge in [-0.25, -0.2) is 4.84 Å². The molecule has 0 unspecified atom stereocenters. The van der Waals surface area contributed by atoms with Crippen molar-refractivity contribution in [3.8, 4) is 0 Å². The van der Waals surface area contributed by atoms with Crippen LogP contribution in [0.5, 0.6) is 0 Å². The third-order valence-corrected chi connectivity index (χ3v) is 0.167. The average molecular weight is 228 g/mol. The molecule has 0 aromatic heterocycles. The van der Waals surface area contributed by atoms with Crippen molar-refractivity contribution in [2.24, 2.45) is 11.5 Å². The van der Waals surface area contributed by atoms with Gasteiger partial charge in [-0.05, 0) is 25.7 Å². The molecular formula is C5H18ClFeN3O. The molecule has 0 saturated heterocycles. The van der Waals surface area contributed by atoms with Crippen molar-refractivity contribution in [3.63, 3.8) is 0 Å². The van der Waals surface area contributed by atoms with Crippen LogP contribution in [0.3, 0.4) is 0 Å². The molecule has 0 amide bonds. The van der Waals surface area contributed by atoms with Gasteiger partial charge < -0.3 is 16.6 Å². The molecule has 74 valence electrons. The SMILES string of the molecule is CCO.CNCl.NCCN.[Fe]. The number of nitrogens with two attached hydrogens (primary N) is 2. The van der Waals surface area contributed by atoms with Crippen molar-refractivity contribution in [1.82, 2.24) is 4.84 Å². The molecule has 0 aromatic carbocycles. The van der Waals surface area contributed by atoms with Crippen molar-refractivity contribution in [2.75, 3.05) is 26.7 Å². The zero-order valence-electron chi connectivity index (χ0n) is 6.95. The first-order valence-electron chi connectivity index (χ1n) is 3.03. The molecule has 0 aliphatic heterocycles. The number of rotatable bonds is 1. The molecule has 0 bridgehead atoms. The van der Waals surface area contributed by atoms with E-state index in [9.17, 15) is 0 Å². The van der Waals surface area contributed by atoms with Gasteiger partial charge in [0.15, 0.2) is 0 Å². The normalized spacial score (nSPS) is 6.00. The Kier molecular flexibility index (Phi) is 94.2. The van der Waals surface area contributed by atoms with Crippen molar-refractivity contribution in [3.05, 3.63) is 0 Å². The van der Waals surface area contributed by atoms with Gasteiger partial charge in [-0.15, -0.1) is 0 Å². The Morgan fingerprint density at radius 1 is 1.36 bits per heavy atom. The number of nitrogens with one attached hydrogen (secondary N) is 1. The Bertz CT molecular complexity index is 33.7. The van der Waals surface area contributed by atoms with E-state index in [2.05, 4.69) is 4.84 Å². The molecule has 0 fully saturated rings. The first-order valence-corrected chi connectivity index (χ1v) is 3.41. The Balaban J connectivity index is -0.0000000325. The van der Waals surface area contributed by atoms with E-state index in [1.807, 2.05) is 0 Å².